The molecule has 0 aliphatic carbocycles. The Balaban J connectivity index is 1.68. The van der Waals surface area contributed by atoms with Crippen LogP contribution in [0.15, 0.2) is 60.0 Å². The molecule has 24 heavy (non-hydrogen) atoms. The number of para-hydroxylation sites is 1. The average molecular weight is 334 g/mol. The summed E-state index contributed by atoms with van der Waals surface area (Å²) < 4.78 is 0. The van der Waals surface area contributed by atoms with Gasteiger partial charge in [0.2, 0.25) is 0 Å². The predicted octanol–water partition coefficient (Wildman–Crippen LogP) is 4.79. The molecule has 2 heterocycles. The first-order valence-corrected chi connectivity index (χ1v) is 9.04. The molecule has 3 aromatic rings. The van der Waals surface area contributed by atoms with Gasteiger partial charge in [0.25, 0.3) is 5.91 Å². The maximum absolute atomic E-state index is 13.1. The summed E-state index contributed by atoms with van der Waals surface area (Å²) in [4.78, 5) is 19.6. The Morgan fingerprint density at radius 1 is 1.12 bits per heavy atom. The average Bonchev–Trinajstić information content (AvgIpc) is 3.12. The summed E-state index contributed by atoms with van der Waals surface area (Å²) in [5, 5.41) is 2.76. The Kier molecular flexibility index (Phi) is 3.90. The Hall–Kier alpha value is -2.46. The fourth-order valence-corrected chi connectivity index (χ4v) is 4.01. The minimum atomic E-state index is -0.00641. The molecule has 1 aliphatic heterocycles. The van der Waals surface area contributed by atoms with Gasteiger partial charge in [0.15, 0.2) is 0 Å². The second-order valence-electron chi connectivity index (χ2n) is 6.10. The van der Waals surface area contributed by atoms with Gasteiger partial charge in [-0.25, -0.2) is 4.98 Å². The molecule has 4 rings (SSSR count). The summed E-state index contributed by atoms with van der Waals surface area (Å²) in [7, 11) is 0. The van der Waals surface area contributed by atoms with Crippen LogP contribution in [-0.4, -0.2) is 16.9 Å². The third-order valence-corrected chi connectivity index (χ3v) is 5.38. The van der Waals surface area contributed by atoms with Gasteiger partial charge in [-0.2, -0.15) is 0 Å². The molecule has 0 spiro atoms. The fraction of sp³-hybridized carbons (Fsp3) is 0.200. The summed E-state index contributed by atoms with van der Waals surface area (Å²) in [6, 6.07) is 18.4. The van der Waals surface area contributed by atoms with Gasteiger partial charge in [-0.15, -0.1) is 11.3 Å². The summed E-state index contributed by atoms with van der Waals surface area (Å²) in [5.41, 5.74) is 3.84. The van der Waals surface area contributed by atoms with E-state index >= 15 is 0 Å². The molecule has 1 amide bonds. The maximum atomic E-state index is 13.1. The zero-order valence-electron chi connectivity index (χ0n) is 13.5. The van der Waals surface area contributed by atoms with Crippen LogP contribution in [0, 0.1) is 0 Å². The van der Waals surface area contributed by atoms with Crippen molar-refractivity contribution < 1.29 is 4.79 Å². The molecule has 0 bridgehead atoms. The van der Waals surface area contributed by atoms with Gasteiger partial charge in [-0.05, 0) is 31.4 Å². The number of benzene rings is 2. The van der Waals surface area contributed by atoms with Gasteiger partial charge < -0.3 is 4.90 Å². The van der Waals surface area contributed by atoms with E-state index in [1.54, 1.807) is 0 Å². The lowest BCUT2D eigenvalue weighted by molar-refractivity contribution is 0.0971. The Morgan fingerprint density at radius 3 is 2.71 bits per heavy atom. The van der Waals surface area contributed by atoms with Crippen LogP contribution in [0.25, 0.3) is 10.6 Å². The van der Waals surface area contributed by atoms with Crippen LogP contribution in [-0.2, 0) is 6.42 Å². The van der Waals surface area contributed by atoms with Gasteiger partial charge in [0, 0.05) is 22.7 Å². The number of aromatic nitrogens is 1. The molecule has 120 valence electrons. The third kappa shape index (κ3) is 2.63. The minimum absolute atomic E-state index is 0.00641. The highest BCUT2D eigenvalue weighted by atomic mass is 32.1. The van der Waals surface area contributed by atoms with Gasteiger partial charge in [-0.3, -0.25) is 4.79 Å². The zero-order valence-corrected chi connectivity index (χ0v) is 14.3. The van der Waals surface area contributed by atoms with Crippen molar-refractivity contribution in [1.82, 2.24) is 4.98 Å². The van der Waals surface area contributed by atoms with E-state index in [0.29, 0.717) is 5.69 Å². The largest absolute Gasteiger partial charge is 0.304 e. The number of anilines is 1. The van der Waals surface area contributed by atoms with Crippen LogP contribution in [0.2, 0.25) is 0 Å². The van der Waals surface area contributed by atoms with E-state index in [4.69, 9.17) is 0 Å². The van der Waals surface area contributed by atoms with E-state index in [-0.39, 0.29) is 11.9 Å². The Labute approximate surface area is 145 Å². The van der Waals surface area contributed by atoms with Crippen molar-refractivity contribution in [2.75, 3.05) is 4.90 Å². The number of thiazole rings is 1. The van der Waals surface area contributed by atoms with Crippen molar-refractivity contribution in [2.24, 2.45) is 0 Å². The van der Waals surface area contributed by atoms with Crippen molar-refractivity contribution in [1.29, 1.82) is 0 Å². The fourth-order valence-electron chi connectivity index (χ4n) is 3.21. The van der Waals surface area contributed by atoms with Crippen LogP contribution in [0.4, 0.5) is 5.69 Å². The maximum Gasteiger partial charge on any atom is 0.278 e. The third-order valence-electron chi connectivity index (χ3n) is 4.49. The molecule has 3 nitrogen and oxygen atoms in total. The Morgan fingerprint density at radius 2 is 1.88 bits per heavy atom. The van der Waals surface area contributed by atoms with Crippen LogP contribution in [0.3, 0.4) is 0 Å². The van der Waals surface area contributed by atoms with Crippen molar-refractivity contribution in [3.05, 3.63) is 71.2 Å². The van der Waals surface area contributed by atoms with E-state index in [0.717, 1.165) is 29.1 Å². The monoisotopic (exact) mass is 334 g/mol. The first-order chi connectivity index (χ1) is 11.7. The van der Waals surface area contributed by atoms with Gasteiger partial charge in [0.05, 0.1) is 0 Å². The van der Waals surface area contributed by atoms with E-state index < -0.39 is 0 Å². The molecule has 0 radical (unpaired) electrons. The molecule has 1 aliphatic rings. The van der Waals surface area contributed by atoms with Crippen molar-refractivity contribution in [3.8, 4) is 10.6 Å². The van der Waals surface area contributed by atoms with E-state index in [2.05, 4.69) is 18.0 Å². The molecular formula is C20H18N2OS. The first kappa shape index (κ1) is 15.1. The molecule has 0 fully saturated rings. The number of rotatable bonds is 2. The molecule has 2 aromatic carbocycles. The van der Waals surface area contributed by atoms with Crippen molar-refractivity contribution in [3.63, 3.8) is 0 Å². The SMILES string of the molecule is CC1CCc2ccccc2N1C(=O)c1csc(-c2ccccc2)n1. The number of amides is 1. The summed E-state index contributed by atoms with van der Waals surface area (Å²) >= 11 is 1.52. The summed E-state index contributed by atoms with van der Waals surface area (Å²) in [6.45, 7) is 2.11. The first-order valence-electron chi connectivity index (χ1n) is 8.16. The lowest BCUT2D eigenvalue weighted by atomic mass is 9.96. The molecule has 0 saturated heterocycles. The van der Waals surface area contributed by atoms with Crippen LogP contribution in [0.1, 0.15) is 29.4 Å². The molecule has 1 unspecified atom stereocenters. The summed E-state index contributed by atoms with van der Waals surface area (Å²) in [6.07, 6.45) is 2.01. The van der Waals surface area contributed by atoms with E-state index in [1.165, 1.54) is 16.9 Å². The van der Waals surface area contributed by atoms with Crippen LogP contribution in [0.5, 0.6) is 0 Å². The van der Waals surface area contributed by atoms with Crippen molar-refractivity contribution in [2.45, 2.75) is 25.8 Å². The number of fused-ring (bicyclic) bond motifs is 1. The van der Waals surface area contributed by atoms with Crippen molar-refractivity contribution >= 4 is 22.9 Å². The number of hydrogen-bond donors (Lipinski definition) is 0. The number of carbonyl (C=O) groups excluding carboxylic acids is 1. The highest BCUT2D eigenvalue weighted by molar-refractivity contribution is 7.13. The number of nitrogens with zero attached hydrogens (tertiary/aromatic N) is 2. The molecule has 0 N–H and O–H groups in total. The highest BCUT2D eigenvalue weighted by Crippen LogP contribution is 2.32. The highest BCUT2D eigenvalue weighted by Gasteiger charge is 2.30. The van der Waals surface area contributed by atoms with Gasteiger partial charge in [-0.1, -0.05) is 48.5 Å². The quantitative estimate of drug-likeness (QED) is 0.675. The molecular weight excluding hydrogens is 316 g/mol. The smallest absolute Gasteiger partial charge is 0.278 e. The number of carbonyl (C=O) groups is 1. The predicted molar refractivity (Wildman–Crippen MR) is 98.6 cm³/mol. The number of aryl methyl sites for hydroxylation is 1. The topological polar surface area (TPSA) is 33.2 Å². The zero-order chi connectivity index (χ0) is 16.5. The minimum Gasteiger partial charge on any atom is -0.304 e. The molecule has 1 aromatic heterocycles. The molecule has 4 heteroatoms. The van der Waals surface area contributed by atoms with Crippen LogP contribution < -0.4 is 4.90 Å². The van der Waals surface area contributed by atoms with Gasteiger partial charge >= 0.3 is 0 Å². The second kappa shape index (κ2) is 6.21. The van der Waals surface area contributed by atoms with Gasteiger partial charge in [0.1, 0.15) is 10.7 Å². The standard InChI is InChI=1S/C20H18N2OS/c1-14-11-12-15-7-5-6-10-18(15)22(14)20(23)17-13-24-19(21-17)16-8-3-2-4-9-16/h2-10,13-14H,11-12H2,1H3. The second-order valence-corrected chi connectivity index (χ2v) is 6.95. The number of hydrogen-bond acceptors (Lipinski definition) is 3. The molecule has 1 atom stereocenters. The normalized spacial score (nSPS) is 16.7. The van der Waals surface area contributed by atoms with E-state index in [9.17, 15) is 4.79 Å². The van der Waals surface area contributed by atoms with E-state index in [1.807, 2.05) is 58.8 Å². The lowest BCUT2D eigenvalue weighted by Gasteiger charge is -2.34. The lowest BCUT2D eigenvalue weighted by Crippen LogP contribution is -2.42. The van der Waals surface area contributed by atoms with Crippen LogP contribution >= 0.6 is 11.3 Å². The molecule has 0 saturated carbocycles. The Bertz CT molecular complexity index is 872. The summed E-state index contributed by atoms with van der Waals surface area (Å²) in [5.74, 6) is -0.00641.